The molecule has 5 heterocycles. The van der Waals surface area contributed by atoms with Gasteiger partial charge in [0.15, 0.2) is 5.65 Å². The Morgan fingerprint density at radius 1 is 1.21 bits per heavy atom. The van der Waals surface area contributed by atoms with Crippen LogP contribution < -0.4 is 10.9 Å². The van der Waals surface area contributed by atoms with Crippen molar-refractivity contribution >= 4 is 37.9 Å². The fourth-order valence-electron chi connectivity index (χ4n) is 3.55. The van der Waals surface area contributed by atoms with E-state index < -0.39 is 35.7 Å². The van der Waals surface area contributed by atoms with E-state index in [-0.39, 0.29) is 28.4 Å². The van der Waals surface area contributed by atoms with Crippen molar-refractivity contribution in [2.45, 2.75) is 30.7 Å². The molecule has 33 heavy (non-hydrogen) atoms. The van der Waals surface area contributed by atoms with Gasteiger partial charge < -0.3 is 5.32 Å². The minimum atomic E-state index is -4.69. The second-order valence-electron chi connectivity index (χ2n) is 7.56. The molecular weight excluding hydrogens is 460 g/mol. The fraction of sp³-hybridized carbons (Fsp3) is 0.250. The Kier molecular flexibility index (Phi) is 4.99. The van der Waals surface area contributed by atoms with Crippen LogP contribution in [0.3, 0.4) is 0 Å². The highest BCUT2D eigenvalue weighted by atomic mass is 28.2. The number of halogens is 4. The van der Waals surface area contributed by atoms with Gasteiger partial charge in [0.05, 0.1) is 17.3 Å². The number of carbonyl (C=O) groups is 1. The van der Waals surface area contributed by atoms with E-state index >= 15 is 0 Å². The first-order valence-corrected chi connectivity index (χ1v) is 11.2. The van der Waals surface area contributed by atoms with Crippen molar-refractivity contribution in [2.75, 3.05) is 5.32 Å². The number of alkyl halides is 3. The summed E-state index contributed by atoms with van der Waals surface area (Å²) in [5, 5.41) is 6.80. The van der Waals surface area contributed by atoms with E-state index in [2.05, 4.69) is 20.4 Å². The number of hydrogen-bond acceptors (Lipinski definition) is 5. The summed E-state index contributed by atoms with van der Waals surface area (Å²) in [4.78, 5) is 33.2. The quantitative estimate of drug-likeness (QED) is 0.363. The number of amides is 1. The maximum Gasteiger partial charge on any atom is 0.433 e. The Morgan fingerprint density at radius 3 is 2.64 bits per heavy atom. The summed E-state index contributed by atoms with van der Waals surface area (Å²) in [5.41, 5.74) is -1.26. The molecule has 1 fully saturated rings. The van der Waals surface area contributed by atoms with Crippen molar-refractivity contribution in [1.29, 1.82) is 0 Å². The zero-order valence-corrected chi connectivity index (χ0v) is 17.7. The number of fused-ring (bicyclic) bond motifs is 3. The third-order valence-electron chi connectivity index (χ3n) is 5.32. The average Bonchev–Trinajstić information content (AvgIpc) is 3.15. The van der Waals surface area contributed by atoms with Crippen LogP contribution in [0.15, 0.2) is 41.3 Å². The minimum absolute atomic E-state index is 0.0902. The van der Waals surface area contributed by atoms with E-state index in [0.29, 0.717) is 5.69 Å². The number of nitrogens with zero attached hydrogens (tertiary/aromatic N) is 5. The molecule has 0 aliphatic carbocycles. The number of anilines is 1. The van der Waals surface area contributed by atoms with Crippen molar-refractivity contribution in [2.24, 2.45) is 0 Å². The highest BCUT2D eigenvalue weighted by Gasteiger charge is 2.33. The Bertz CT molecular complexity index is 1440. The monoisotopic (exact) mass is 474 g/mol. The van der Waals surface area contributed by atoms with Gasteiger partial charge in [0, 0.05) is 15.6 Å². The van der Waals surface area contributed by atoms with E-state index in [0.717, 1.165) is 50.6 Å². The van der Waals surface area contributed by atoms with Gasteiger partial charge in [-0.15, -0.1) is 0 Å². The van der Waals surface area contributed by atoms with E-state index in [4.69, 9.17) is 0 Å². The number of rotatable bonds is 4. The molecule has 13 heteroatoms. The van der Waals surface area contributed by atoms with E-state index in [1.54, 1.807) is 6.07 Å². The summed E-state index contributed by atoms with van der Waals surface area (Å²) >= 11 is 0. The molecule has 0 bridgehead atoms. The second-order valence-corrected chi connectivity index (χ2v) is 8.88. The Balaban J connectivity index is 1.62. The van der Waals surface area contributed by atoms with Crippen LogP contribution in [0.25, 0.3) is 16.7 Å². The molecule has 1 amide bonds. The maximum absolute atomic E-state index is 13.2. The van der Waals surface area contributed by atoms with Gasteiger partial charge in [0.2, 0.25) is 5.91 Å². The number of pyridine rings is 2. The molecule has 1 aliphatic heterocycles. The highest BCUT2D eigenvalue weighted by molar-refractivity contribution is 6.40. The topological polar surface area (TPSA) is 94.2 Å². The molecule has 5 rings (SSSR count). The van der Waals surface area contributed by atoms with Gasteiger partial charge in [-0.05, 0) is 30.2 Å². The van der Waals surface area contributed by atoms with Crippen LogP contribution in [0.4, 0.5) is 23.4 Å². The van der Waals surface area contributed by atoms with E-state index in [1.807, 2.05) is 0 Å². The van der Waals surface area contributed by atoms with Gasteiger partial charge in [0.25, 0.3) is 5.56 Å². The molecule has 1 aliphatic rings. The van der Waals surface area contributed by atoms with E-state index in [9.17, 15) is 27.2 Å². The molecule has 0 unspecified atom stereocenters. The summed E-state index contributed by atoms with van der Waals surface area (Å²) in [6, 6.07) is 7.57. The third-order valence-corrected chi connectivity index (χ3v) is 6.89. The zero-order valence-electron chi connectivity index (χ0n) is 16.7. The van der Waals surface area contributed by atoms with Crippen LogP contribution >= 0.6 is 0 Å². The van der Waals surface area contributed by atoms with Crippen molar-refractivity contribution < 1.29 is 22.4 Å². The first-order valence-electron chi connectivity index (χ1n) is 9.83. The lowest BCUT2D eigenvalue weighted by Gasteiger charge is -2.21. The molecule has 1 N–H and O–H groups in total. The molecular formula is C20H14F4N6O2Si. The average molecular weight is 474 g/mol. The molecule has 8 nitrogen and oxygen atoms in total. The smallest absolute Gasteiger partial charge is 0.309 e. The normalized spacial score (nSPS) is 14.5. The number of nitrogens with one attached hydrogen (secondary N) is 1. The minimum Gasteiger partial charge on any atom is -0.309 e. The zero-order chi connectivity index (χ0) is 23.3. The first kappa shape index (κ1) is 21.2. The summed E-state index contributed by atoms with van der Waals surface area (Å²) in [5.74, 6) is -0.961. The maximum atomic E-state index is 13.2. The Morgan fingerprint density at radius 2 is 2.00 bits per heavy atom. The Hall–Kier alpha value is -3.61. The molecule has 0 saturated carbocycles. The number of carbonyl (C=O) groups excluding carboxylic acids is 1. The van der Waals surface area contributed by atoms with Crippen LogP contribution in [0.5, 0.6) is 0 Å². The fourth-order valence-corrected chi connectivity index (χ4v) is 4.54. The SMILES string of the molecule is O=C(Cn1c(=O)c2ccc(C(F)(F)F)nc2n2nc(C3C[Si]C3)cc12)Nc1ccc(F)cn1. The van der Waals surface area contributed by atoms with Crippen LogP contribution in [-0.4, -0.2) is 39.6 Å². The Labute approximate surface area is 185 Å². The predicted molar refractivity (Wildman–Crippen MR) is 111 cm³/mol. The molecule has 0 aromatic carbocycles. The van der Waals surface area contributed by atoms with Crippen molar-refractivity contribution in [3.05, 3.63) is 64.1 Å². The molecule has 1 saturated heterocycles. The molecule has 4 aromatic heterocycles. The van der Waals surface area contributed by atoms with Gasteiger partial charge in [-0.3, -0.25) is 14.2 Å². The van der Waals surface area contributed by atoms with Crippen molar-refractivity contribution in [3.63, 3.8) is 0 Å². The predicted octanol–water partition coefficient (Wildman–Crippen LogP) is 2.87. The van der Waals surface area contributed by atoms with Gasteiger partial charge >= 0.3 is 6.18 Å². The molecule has 4 aromatic rings. The molecule has 0 spiro atoms. The lowest BCUT2D eigenvalue weighted by molar-refractivity contribution is -0.141. The van der Waals surface area contributed by atoms with Crippen molar-refractivity contribution in [3.8, 4) is 0 Å². The standard InChI is InChI=1S/C20H14F4N6O2Si/c21-11-1-4-15(25-6-11)27-16(31)7-29-17-5-13(10-8-33-9-10)28-30(17)18-12(19(29)32)2-3-14(26-18)20(22,23)24/h1-6,10H,7-9H2,(H,25,27,31). The summed E-state index contributed by atoms with van der Waals surface area (Å²) in [6.45, 7) is -0.449. The highest BCUT2D eigenvalue weighted by Crippen LogP contribution is 2.33. The van der Waals surface area contributed by atoms with Crippen LogP contribution in [-0.2, 0) is 17.5 Å². The molecule has 0 atom stereocenters. The van der Waals surface area contributed by atoms with E-state index in [1.165, 1.54) is 10.6 Å². The van der Waals surface area contributed by atoms with Gasteiger partial charge in [-0.1, -0.05) is 12.1 Å². The van der Waals surface area contributed by atoms with Crippen LogP contribution in [0, 0.1) is 5.82 Å². The third kappa shape index (κ3) is 3.88. The van der Waals surface area contributed by atoms with Gasteiger partial charge in [-0.2, -0.15) is 22.8 Å². The van der Waals surface area contributed by atoms with Crippen molar-refractivity contribution in [1.82, 2.24) is 24.1 Å². The van der Waals surface area contributed by atoms with Gasteiger partial charge in [-0.25, -0.2) is 14.4 Å². The second kappa shape index (κ2) is 7.76. The molecule has 168 valence electrons. The van der Waals surface area contributed by atoms with Gasteiger partial charge in [0.1, 0.15) is 29.5 Å². The number of hydrogen-bond donors (Lipinski definition) is 1. The first-order chi connectivity index (χ1) is 15.7. The summed E-state index contributed by atoms with van der Waals surface area (Å²) < 4.78 is 55.1. The molecule has 2 radical (unpaired) electrons. The summed E-state index contributed by atoms with van der Waals surface area (Å²) in [7, 11) is 0.780. The van der Waals surface area contributed by atoms with Crippen LogP contribution in [0.2, 0.25) is 12.1 Å². The number of aromatic nitrogens is 5. The lowest BCUT2D eigenvalue weighted by atomic mass is 10.1. The summed E-state index contributed by atoms with van der Waals surface area (Å²) in [6.07, 6.45) is -3.76. The van der Waals surface area contributed by atoms with Crippen LogP contribution in [0.1, 0.15) is 17.3 Å². The lowest BCUT2D eigenvalue weighted by Crippen LogP contribution is -2.30. The largest absolute Gasteiger partial charge is 0.433 e.